The first kappa shape index (κ1) is 21.6. The lowest BCUT2D eigenvalue weighted by molar-refractivity contribution is 0.0747. The fourth-order valence-corrected chi connectivity index (χ4v) is 4.17. The number of nitrogens with one attached hydrogen (secondary N) is 2. The van der Waals surface area contributed by atoms with Crippen LogP contribution in [0.1, 0.15) is 42.4 Å². The van der Waals surface area contributed by atoms with Gasteiger partial charge in [0.1, 0.15) is 22.9 Å². The van der Waals surface area contributed by atoms with Crippen molar-refractivity contribution in [3.05, 3.63) is 71.5 Å². The molecule has 4 aromatic rings. The lowest BCUT2D eigenvalue weighted by Gasteiger charge is -2.24. The number of carbonyl (C=O) groups is 1. The number of H-pyrrole nitrogens is 1. The highest BCUT2D eigenvalue weighted by Gasteiger charge is 2.30. The zero-order valence-electron chi connectivity index (χ0n) is 19.2. The third-order valence-corrected chi connectivity index (χ3v) is 5.80. The second-order valence-electron chi connectivity index (χ2n) is 9.41. The molecule has 9 nitrogen and oxygen atoms in total. The van der Waals surface area contributed by atoms with E-state index in [0.29, 0.717) is 24.6 Å². The summed E-state index contributed by atoms with van der Waals surface area (Å²) in [5.74, 6) is -0.181. The number of benzene rings is 2. The Labute approximate surface area is 196 Å². The zero-order valence-corrected chi connectivity index (χ0v) is 19.2. The number of phenolic OH excluding ortho intramolecular Hbond substituents is 2. The second-order valence-corrected chi connectivity index (χ2v) is 9.41. The zero-order chi connectivity index (χ0) is 24.0. The fraction of sp³-hybridized carbons (Fsp3) is 0.240. The van der Waals surface area contributed by atoms with E-state index in [4.69, 9.17) is 5.10 Å². The molecule has 1 aliphatic heterocycles. The van der Waals surface area contributed by atoms with Gasteiger partial charge in [-0.3, -0.25) is 9.89 Å². The summed E-state index contributed by atoms with van der Waals surface area (Å²) < 4.78 is 1.83. The van der Waals surface area contributed by atoms with Crippen LogP contribution in [0.5, 0.6) is 11.5 Å². The van der Waals surface area contributed by atoms with Crippen LogP contribution in [0, 0.1) is 0 Å². The third-order valence-electron chi connectivity index (χ3n) is 5.80. The Bertz CT molecular complexity index is 1350. The van der Waals surface area contributed by atoms with Gasteiger partial charge < -0.3 is 20.4 Å². The minimum atomic E-state index is -0.372. The molecule has 0 bridgehead atoms. The van der Waals surface area contributed by atoms with Gasteiger partial charge in [-0.1, -0.05) is 30.3 Å². The van der Waals surface area contributed by atoms with Gasteiger partial charge >= 0.3 is 0 Å². The van der Waals surface area contributed by atoms with Crippen molar-refractivity contribution in [2.45, 2.75) is 39.4 Å². The summed E-state index contributed by atoms with van der Waals surface area (Å²) >= 11 is 0. The number of aromatic hydroxyl groups is 2. The van der Waals surface area contributed by atoms with Gasteiger partial charge in [0, 0.05) is 35.9 Å². The summed E-state index contributed by atoms with van der Waals surface area (Å²) in [7, 11) is 0. The van der Waals surface area contributed by atoms with E-state index in [2.05, 4.69) is 15.5 Å². The molecule has 1 amide bonds. The van der Waals surface area contributed by atoms with E-state index in [0.717, 1.165) is 22.5 Å². The van der Waals surface area contributed by atoms with Crippen LogP contribution in [-0.4, -0.2) is 41.0 Å². The number of anilines is 2. The van der Waals surface area contributed by atoms with Crippen LogP contribution in [0.15, 0.2) is 54.7 Å². The summed E-state index contributed by atoms with van der Waals surface area (Å²) in [5, 5.41) is 35.8. The molecule has 9 heteroatoms. The van der Waals surface area contributed by atoms with Gasteiger partial charge in [0.25, 0.3) is 5.91 Å². The van der Waals surface area contributed by atoms with Crippen molar-refractivity contribution in [1.29, 1.82) is 0 Å². The predicted molar refractivity (Wildman–Crippen MR) is 128 cm³/mol. The molecule has 1 aliphatic rings. The number of hydrogen-bond donors (Lipinski definition) is 4. The fourth-order valence-electron chi connectivity index (χ4n) is 4.17. The Morgan fingerprint density at radius 2 is 1.85 bits per heavy atom. The highest BCUT2D eigenvalue weighted by molar-refractivity contribution is 6.03. The largest absolute Gasteiger partial charge is 0.508 e. The third kappa shape index (κ3) is 3.85. The number of amides is 1. The SMILES string of the molecule is CC(C)(C)n1nc(-c2ccccc2)cc1Nc1cc(O)cc(O)c1C(=O)N1Cc2cn[nH]c2C1. The van der Waals surface area contributed by atoms with E-state index >= 15 is 0 Å². The Kier molecular flexibility index (Phi) is 5.04. The quantitative estimate of drug-likeness (QED) is 0.361. The van der Waals surface area contributed by atoms with Crippen LogP contribution < -0.4 is 5.32 Å². The van der Waals surface area contributed by atoms with Crippen molar-refractivity contribution in [2.75, 3.05) is 5.32 Å². The van der Waals surface area contributed by atoms with Gasteiger partial charge in [0.05, 0.1) is 35.4 Å². The maximum absolute atomic E-state index is 13.5. The first-order chi connectivity index (χ1) is 16.2. The molecule has 5 rings (SSSR count). The number of fused-ring (bicyclic) bond motifs is 1. The van der Waals surface area contributed by atoms with Crippen molar-refractivity contribution in [3.63, 3.8) is 0 Å². The summed E-state index contributed by atoms with van der Waals surface area (Å²) in [4.78, 5) is 15.1. The number of aromatic nitrogens is 4. The lowest BCUT2D eigenvalue weighted by atomic mass is 10.1. The molecule has 2 aromatic carbocycles. The van der Waals surface area contributed by atoms with Gasteiger partial charge in [-0.15, -0.1) is 0 Å². The number of phenols is 2. The molecular weight excluding hydrogens is 432 g/mol. The number of hydrogen-bond acceptors (Lipinski definition) is 6. The summed E-state index contributed by atoms with van der Waals surface area (Å²) in [6.45, 7) is 6.84. The molecular formula is C25H26N6O3. The Hall–Kier alpha value is -4.27. The second kappa shape index (κ2) is 7.95. The Morgan fingerprint density at radius 1 is 1.09 bits per heavy atom. The number of nitrogens with zero attached hydrogens (tertiary/aromatic N) is 4. The van der Waals surface area contributed by atoms with Crippen molar-refractivity contribution in [3.8, 4) is 22.8 Å². The van der Waals surface area contributed by atoms with E-state index in [1.54, 1.807) is 11.1 Å². The molecule has 2 aromatic heterocycles. The van der Waals surface area contributed by atoms with Gasteiger partial charge in [-0.25, -0.2) is 4.68 Å². The van der Waals surface area contributed by atoms with E-state index in [1.807, 2.05) is 61.9 Å². The van der Waals surface area contributed by atoms with E-state index in [1.165, 1.54) is 12.1 Å². The summed E-state index contributed by atoms with van der Waals surface area (Å²) in [5.41, 5.74) is 3.54. The van der Waals surface area contributed by atoms with E-state index < -0.39 is 0 Å². The maximum atomic E-state index is 13.5. The summed E-state index contributed by atoms with van der Waals surface area (Å²) in [6.07, 6.45) is 1.70. The van der Waals surface area contributed by atoms with Crippen LogP contribution >= 0.6 is 0 Å². The smallest absolute Gasteiger partial charge is 0.260 e. The van der Waals surface area contributed by atoms with Crippen LogP contribution in [0.3, 0.4) is 0 Å². The molecule has 174 valence electrons. The van der Waals surface area contributed by atoms with Crippen LogP contribution in [0.2, 0.25) is 0 Å². The number of carbonyl (C=O) groups excluding carboxylic acids is 1. The van der Waals surface area contributed by atoms with Gasteiger partial charge in [0.15, 0.2) is 0 Å². The average molecular weight is 459 g/mol. The molecule has 0 unspecified atom stereocenters. The molecule has 0 atom stereocenters. The first-order valence-corrected chi connectivity index (χ1v) is 11.0. The molecule has 0 saturated carbocycles. The topological polar surface area (TPSA) is 119 Å². The standard InChI is InChI=1S/C25H26N6O3/c1-25(2,3)31-22(11-18(29-31)15-7-5-4-6-8-15)27-19-9-17(32)10-21(33)23(19)24(34)30-13-16-12-26-28-20(16)14-30/h4-12,27,32-33H,13-14H2,1-3H3,(H,26,28). The van der Waals surface area contributed by atoms with E-state index in [-0.39, 0.29) is 28.5 Å². The van der Waals surface area contributed by atoms with Crippen molar-refractivity contribution >= 4 is 17.4 Å². The lowest BCUT2D eigenvalue weighted by Crippen LogP contribution is -2.27. The molecule has 3 heterocycles. The molecule has 0 fully saturated rings. The first-order valence-electron chi connectivity index (χ1n) is 11.0. The highest BCUT2D eigenvalue weighted by Crippen LogP contribution is 2.37. The predicted octanol–water partition coefficient (Wildman–Crippen LogP) is 4.34. The molecule has 0 radical (unpaired) electrons. The van der Waals surface area contributed by atoms with Crippen molar-refractivity contribution in [1.82, 2.24) is 24.9 Å². The molecule has 34 heavy (non-hydrogen) atoms. The Morgan fingerprint density at radius 3 is 2.56 bits per heavy atom. The summed E-state index contributed by atoms with van der Waals surface area (Å²) in [6, 6.07) is 14.3. The maximum Gasteiger partial charge on any atom is 0.260 e. The average Bonchev–Trinajstić information content (AvgIpc) is 3.48. The van der Waals surface area contributed by atoms with Gasteiger partial charge in [-0.05, 0) is 20.8 Å². The molecule has 4 N–H and O–H groups in total. The highest BCUT2D eigenvalue weighted by atomic mass is 16.3. The molecule has 0 aliphatic carbocycles. The minimum Gasteiger partial charge on any atom is -0.508 e. The number of rotatable bonds is 4. The van der Waals surface area contributed by atoms with E-state index in [9.17, 15) is 15.0 Å². The van der Waals surface area contributed by atoms with Gasteiger partial charge in [-0.2, -0.15) is 10.2 Å². The number of aromatic amines is 1. The monoisotopic (exact) mass is 458 g/mol. The Balaban J connectivity index is 1.54. The van der Waals surface area contributed by atoms with Crippen molar-refractivity contribution in [2.24, 2.45) is 0 Å². The van der Waals surface area contributed by atoms with Crippen LogP contribution in [0.25, 0.3) is 11.3 Å². The minimum absolute atomic E-state index is 0.0823. The van der Waals surface area contributed by atoms with Gasteiger partial charge in [0.2, 0.25) is 0 Å². The van der Waals surface area contributed by atoms with Crippen LogP contribution in [0.4, 0.5) is 11.5 Å². The van der Waals surface area contributed by atoms with Crippen molar-refractivity contribution < 1.29 is 15.0 Å². The molecule has 0 saturated heterocycles. The normalized spacial score (nSPS) is 13.2. The van der Waals surface area contributed by atoms with Crippen LogP contribution in [-0.2, 0) is 18.6 Å². The molecule has 0 spiro atoms.